The lowest BCUT2D eigenvalue weighted by molar-refractivity contribution is 0.0415. The van der Waals surface area contributed by atoms with Crippen molar-refractivity contribution in [2.45, 2.75) is 60.2 Å². The SMILES string of the molecule is C=C(CC)C1OC(C)c2c(C)c(C)c(C)c(C)c21. The van der Waals surface area contributed by atoms with Crippen LogP contribution in [0.15, 0.2) is 12.2 Å². The first-order chi connectivity index (χ1) is 8.40. The van der Waals surface area contributed by atoms with Crippen molar-refractivity contribution in [1.29, 1.82) is 0 Å². The van der Waals surface area contributed by atoms with Gasteiger partial charge in [-0.05, 0) is 80.0 Å². The molecule has 0 N–H and O–H groups in total. The number of fused-ring (bicyclic) bond motifs is 1. The molecular formula is C17H24O. The maximum atomic E-state index is 6.16. The minimum atomic E-state index is 0.0954. The highest BCUT2D eigenvalue weighted by Crippen LogP contribution is 2.47. The summed E-state index contributed by atoms with van der Waals surface area (Å²) in [5.41, 5.74) is 9.56. The fraction of sp³-hybridized carbons (Fsp3) is 0.529. The van der Waals surface area contributed by atoms with Gasteiger partial charge in [-0.25, -0.2) is 0 Å². The quantitative estimate of drug-likeness (QED) is 0.664. The molecule has 1 heteroatoms. The van der Waals surface area contributed by atoms with Crippen LogP contribution in [0.1, 0.15) is 65.9 Å². The van der Waals surface area contributed by atoms with E-state index in [1.165, 1.54) is 39.0 Å². The van der Waals surface area contributed by atoms with Crippen molar-refractivity contribution in [3.63, 3.8) is 0 Å². The second kappa shape index (κ2) is 4.55. The average molecular weight is 244 g/mol. The summed E-state index contributed by atoms with van der Waals surface area (Å²) in [6.07, 6.45) is 1.26. The Labute approximate surface area is 111 Å². The van der Waals surface area contributed by atoms with Crippen molar-refractivity contribution in [2.24, 2.45) is 0 Å². The van der Waals surface area contributed by atoms with Crippen molar-refractivity contribution in [3.8, 4) is 0 Å². The zero-order chi connectivity index (χ0) is 13.6. The highest BCUT2D eigenvalue weighted by Gasteiger charge is 2.34. The predicted octanol–water partition coefficient (Wildman–Crippen LogP) is 5.02. The number of benzene rings is 1. The third kappa shape index (κ3) is 1.73. The summed E-state index contributed by atoms with van der Waals surface area (Å²) in [6, 6.07) is 0. The van der Waals surface area contributed by atoms with E-state index in [4.69, 9.17) is 4.74 Å². The van der Waals surface area contributed by atoms with Gasteiger partial charge in [0.1, 0.15) is 6.10 Å². The van der Waals surface area contributed by atoms with Gasteiger partial charge in [-0.15, -0.1) is 0 Å². The molecule has 0 saturated heterocycles. The summed E-state index contributed by atoms with van der Waals surface area (Å²) < 4.78 is 6.16. The number of hydrogen-bond acceptors (Lipinski definition) is 1. The van der Waals surface area contributed by atoms with Gasteiger partial charge in [0.2, 0.25) is 0 Å². The van der Waals surface area contributed by atoms with Crippen LogP contribution in [0.25, 0.3) is 0 Å². The molecule has 0 fully saturated rings. The zero-order valence-electron chi connectivity index (χ0n) is 12.5. The molecule has 0 radical (unpaired) electrons. The lowest BCUT2D eigenvalue weighted by Crippen LogP contribution is -2.04. The number of ether oxygens (including phenoxy) is 1. The minimum absolute atomic E-state index is 0.0954. The van der Waals surface area contributed by atoms with Crippen LogP contribution in [0.4, 0.5) is 0 Å². The molecule has 1 heterocycles. The molecular weight excluding hydrogens is 220 g/mol. The molecule has 2 rings (SSSR count). The zero-order valence-corrected chi connectivity index (χ0v) is 12.5. The van der Waals surface area contributed by atoms with Gasteiger partial charge in [0, 0.05) is 0 Å². The molecule has 2 atom stereocenters. The first kappa shape index (κ1) is 13.4. The summed E-state index contributed by atoms with van der Waals surface area (Å²) in [5.74, 6) is 0. The van der Waals surface area contributed by atoms with Crippen LogP contribution < -0.4 is 0 Å². The number of rotatable bonds is 2. The van der Waals surface area contributed by atoms with Gasteiger partial charge in [0.25, 0.3) is 0 Å². The lowest BCUT2D eigenvalue weighted by Gasteiger charge is -2.19. The van der Waals surface area contributed by atoms with Crippen molar-refractivity contribution in [3.05, 3.63) is 45.5 Å². The molecule has 1 aromatic carbocycles. The van der Waals surface area contributed by atoms with Crippen molar-refractivity contribution in [2.75, 3.05) is 0 Å². The molecule has 0 bridgehead atoms. The molecule has 1 aliphatic heterocycles. The lowest BCUT2D eigenvalue weighted by atomic mass is 9.85. The second-order valence-electron chi connectivity index (χ2n) is 5.50. The largest absolute Gasteiger partial charge is 0.361 e. The summed E-state index contributed by atoms with van der Waals surface area (Å²) in [5, 5.41) is 0. The molecule has 98 valence electrons. The van der Waals surface area contributed by atoms with Gasteiger partial charge >= 0.3 is 0 Å². The molecule has 2 unspecified atom stereocenters. The van der Waals surface area contributed by atoms with Crippen molar-refractivity contribution < 1.29 is 4.74 Å². The highest BCUT2D eigenvalue weighted by atomic mass is 16.5. The van der Waals surface area contributed by atoms with E-state index in [2.05, 4.69) is 48.1 Å². The van der Waals surface area contributed by atoms with Crippen LogP contribution in [0.5, 0.6) is 0 Å². The summed E-state index contributed by atoms with van der Waals surface area (Å²) in [7, 11) is 0. The predicted molar refractivity (Wildman–Crippen MR) is 77.1 cm³/mol. The van der Waals surface area contributed by atoms with E-state index >= 15 is 0 Å². The van der Waals surface area contributed by atoms with Crippen LogP contribution in [0.2, 0.25) is 0 Å². The third-order valence-electron chi connectivity index (χ3n) is 4.62. The smallest absolute Gasteiger partial charge is 0.105 e. The van der Waals surface area contributed by atoms with E-state index in [9.17, 15) is 0 Å². The topological polar surface area (TPSA) is 9.23 Å². The van der Waals surface area contributed by atoms with Crippen molar-refractivity contribution in [1.82, 2.24) is 0 Å². The first-order valence-electron chi connectivity index (χ1n) is 6.83. The fourth-order valence-electron chi connectivity index (χ4n) is 3.06. The molecule has 0 spiro atoms. The van der Waals surface area contributed by atoms with E-state index in [1.807, 2.05) is 0 Å². The van der Waals surface area contributed by atoms with Crippen LogP contribution >= 0.6 is 0 Å². The monoisotopic (exact) mass is 244 g/mol. The van der Waals surface area contributed by atoms with Crippen LogP contribution in [-0.4, -0.2) is 0 Å². The van der Waals surface area contributed by atoms with E-state index in [0.29, 0.717) is 0 Å². The molecule has 0 aromatic heterocycles. The average Bonchev–Trinajstić information content (AvgIpc) is 2.70. The summed E-state index contributed by atoms with van der Waals surface area (Å²) in [4.78, 5) is 0. The molecule has 1 nitrogen and oxygen atoms in total. The Morgan fingerprint density at radius 2 is 1.50 bits per heavy atom. The van der Waals surface area contributed by atoms with E-state index < -0.39 is 0 Å². The van der Waals surface area contributed by atoms with Gasteiger partial charge in [-0.1, -0.05) is 13.5 Å². The number of hydrogen-bond donors (Lipinski definition) is 0. The van der Waals surface area contributed by atoms with Crippen LogP contribution in [0.3, 0.4) is 0 Å². The Hall–Kier alpha value is -1.08. The Balaban J connectivity index is 2.71. The highest BCUT2D eigenvalue weighted by molar-refractivity contribution is 5.55. The first-order valence-corrected chi connectivity index (χ1v) is 6.83. The van der Waals surface area contributed by atoms with E-state index in [0.717, 1.165) is 6.42 Å². The second-order valence-corrected chi connectivity index (χ2v) is 5.50. The Kier molecular flexibility index (Phi) is 3.37. The maximum Gasteiger partial charge on any atom is 0.105 e. The minimum Gasteiger partial charge on any atom is -0.361 e. The fourth-order valence-corrected chi connectivity index (χ4v) is 3.06. The van der Waals surface area contributed by atoms with Crippen LogP contribution in [-0.2, 0) is 4.74 Å². The van der Waals surface area contributed by atoms with Gasteiger partial charge in [-0.2, -0.15) is 0 Å². The van der Waals surface area contributed by atoms with Gasteiger partial charge < -0.3 is 4.74 Å². The molecule has 18 heavy (non-hydrogen) atoms. The van der Waals surface area contributed by atoms with E-state index in [1.54, 1.807) is 0 Å². The van der Waals surface area contributed by atoms with Gasteiger partial charge in [0.05, 0.1) is 6.10 Å². The molecule has 0 amide bonds. The standard InChI is InChI=1S/C17H24O/c1-8-9(2)17-16-13(6)11(4)10(3)12(5)15(16)14(7)18-17/h14,17H,2,8H2,1,3-7H3. The molecule has 0 saturated carbocycles. The van der Waals surface area contributed by atoms with Gasteiger partial charge in [-0.3, -0.25) is 0 Å². The normalized spacial score (nSPS) is 22.1. The van der Waals surface area contributed by atoms with Crippen LogP contribution in [0, 0.1) is 27.7 Å². The third-order valence-corrected chi connectivity index (χ3v) is 4.62. The molecule has 0 aliphatic carbocycles. The maximum absolute atomic E-state index is 6.16. The van der Waals surface area contributed by atoms with E-state index in [-0.39, 0.29) is 12.2 Å². The van der Waals surface area contributed by atoms with Gasteiger partial charge in [0.15, 0.2) is 0 Å². The Morgan fingerprint density at radius 1 is 1.00 bits per heavy atom. The van der Waals surface area contributed by atoms with Crippen molar-refractivity contribution >= 4 is 0 Å². The molecule has 1 aliphatic rings. The Morgan fingerprint density at radius 3 is 2.00 bits per heavy atom. The Bertz CT molecular complexity index is 511. The summed E-state index contributed by atoms with van der Waals surface area (Å²) in [6.45, 7) is 17.4. The summed E-state index contributed by atoms with van der Waals surface area (Å²) >= 11 is 0. The molecule has 1 aromatic rings.